The van der Waals surface area contributed by atoms with Gasteiger partial charge in [-0.05, 0) is 48.6 Å². The molecular formula is C28H30N2O8S. The first kappa shape index (κ1) is 28.1. The minimum Gasteiger partial charge on any atom is -0.488 e. The summed E-state index contributed by atoms with van der Waals surface area (Å²) < 4.78 is 50.4. The molecule has 11 heteroatoms. The Kier molecular flexibility index (Phi) is 8.51. The second kappa shape index (κ2) is 11.8. The molecule has 4 rings (SSSR count). The SMILES string of the molecule is CCOC(=O)c1noc(-c2cc(C(C)C)c(C)cc2OCc2ccccc2)c1-c1cc(COS(C)(=O)=O)no1. The molecule has 0 atom stereocenters. The van der Waals surface area contributed by atoms with Gasteiger partial charge in [-0.25, -0.2) is 4.79 Å². The van der Waals surface area contributed by atoms with Gasteiger partial charge in [0.15, 0.2) is 11.5 Å². The molecule has 2 aromatic heterocycles. The third-order valence-corrected chi connectivity index (χ3v) is 6.41. The first-order valence-corrected chi connectivity index (χ1v) is 14.2. The van der Waals surface area contributed by atoms with Crippen LogP contribution in [0.25, 0.3) is 22.6 Å². The molecule has 206 valence electrons. The molecule has 0 fully saturated rings. The van der Waals surface area contributed by atoms with Gasteiger partial charge in [0.05, 0.1) is 18.4 Å². The maximum absolute atomic E-state index is 12.8. The van der Waals surface area contributed by atoms with Crippen LogP contribution in [0.5, 0.6) is 5.75 Å². The summed E-state index contributed by atoms with van der Waals surface area (Å²) in [7, 11) is -3.70. The van der Waals surface area contributed by atoms with Crippen molar-refractivity contribution in [2.24, 2.45) is 0 Å². The van der Waals surface area contributed by atoms with Crippen LogP contribution in [-0.2, 0) is 32.3 Å². The van der Waals surface area contributed by atoms with Crippen molar-refractivity contribution in [3.63, 3.8) is 0 Å². The van der Waals surface area contributed by atoms with E-state index < -0.39 is 16.1 Å². The summed E-state index contributed by atoms with van der Waals surface area (Å²) in [6.45, 7) is 7.92. The van der Waals surface area contributed by atoms with Crippen LogP contribution in [0.1, 0.15) is 59.6 Å². The molecular weight excluding hydrogens is 524 g/mol. The van der Waals surface area contributed by atoms with Gasteiger partial charge in [0, 0.05) is 6.07 Å². The molecule has 0 N–H and O–H groups in total. The Hall–Kier alpha value is -3.96. The average molecular weight is 555 g/mol. The predicted octanol–water partition coefficient (Wildman–Crippen LogP) is 5.66. The van der Waals surface area contributed by atoms with Crippen LogP contribution >= 0.6 is 0 Å². The Morgan fingerprint density at radius 1 is 1.03 bits per heavy atom. The molecule has 4 aromatic rings. The molecule has 0 saturated carbocycles. The van der Waals surface area contributed by atoms with E-state index in [9.17, 15) is 13.2 Å². The van der Waals surface area contributed by atoms with Crippen molar-refractivity contribution < 1.29 is 35.9 Å². The number of hydrogen-bond donors (Lipinski definition) is 0. The van der Waals surface area contributed by atoms with Crippen LogP contribution in [0.2, 0.25) is 0 Å². The summed E-state index contributed by atoms with van der Waals surface area (Å²) in [4.78, 5) is 12.8. The molecule has 0 spiro atoms. The van der Waals surface area contributed by atoms with Crippen LogP contribution < -0.4 is 4.74 Å². The van der Waals surface area contributed by atoms with Crippen molar-refractivity contribution in [1.29, 1.82) is 0 Å². The molecule has 0 bridgehead atoms. The number of ether oxygens (including phenoxy) is 2. The van der Waals surface area contributed by atoms with Gasteiger partial charge in [-0.3, -0.25) is 4.18 Å². The summed E-state index contributed by atoms with van der Waals surface area (Å²) in [6.07, 6.45) is 0.936. The largest absolute Gasteiger partial charge is 0.488 e. The normalized spacial score (nSPS) is 11.6. The Morgan fingerprint density at radius 2 is 1.77 bits per heavy atom. The molecule has 39 heavy (non-hydrogen) atoms. The zero-order valence-corrected chi connectivity index (χ0v) is 23.2. The van der Waals surface area contributed by atoms with Crippen molar-refractivity contribution in [3.8, 4) is 28.4 Å². The molecule has 0 aliphatic heterocycles. The number of rotatable bonds is 11. The van der Waals surface area contributed by atoms with Crippen LogP contribution in [0.4, 0.5) is 0 Å². The van der Waals surface area contributed by atoms with Crippen LogP contribution in [-0.4, -0.2) is 37.6 Å². The molecule has 0 saturated heterocycles. The third-order valence-electron chi connectivity index (χ3n) is 5.86. The van der Waals surface area contributed by atoms with E-state index in [1.54, 1.807) is 6.92 Å². The maximum Gasteiger partial charge on any atom is 0.361 e. The van der Waals surface area contributed by atoms with E-state index in [1.807, 2.05) is 49.4 Å². The summed E-state index contributed by atoms with van der Waals surface area (Å²) in [5.74, 6) is 0.342. The monoisotopic (exact) mass is 554 g/mol. The smallest absolute Gasteiger partial charge is 0.361 e. The van der Waals surface area contributed by atoms with E-state index in [4.69, 9.17) is 22.7 Å². The van der Waals surface area contributed by atoms with Gasteiger partial charge in [0.25, 0.3) is 10.1 Å². The highest BCUT2D eigenvalue weighted by molar-refractivity contribution is 7.85. The number of carbonyl (C=O) groups is 1. The number of carbonyl (C=O) groups excluding carboxylic acids is 1. The summed E-state index contributed by atoms with van der Waals surface area (Å²) in [6, 6.07) is 15.1. The zero-order valence-electron chi connectivity index (χ0n) is 22.4. The Morgan fingerprint density at radius 3 is 2.44 bits per heavy atom. The van der Waals surface area contributed by atoms with Crippen LogP contribution in [0, 0.1) is 6.92 Å². The molecule has 0 radical (unpaired) electrons. The van der Waals surface area contributed by atoms with Crippen molar-refractivity contribution in [3.05, 3.63) is 76.6 Å². The number of hydrogen-bond acceptors (Lipinski definition) is 10. The van der Waals surface area contributed by atoms with Crippen molar-refractivity contribution in [2.45, 2.75) is 46.8 Å². The fraction of sp³-hybridized carbons (Fsp3) is 0.321. The van der Waals surface area contributed by atoms with Gasteiger partial charge in [-0.1, -0.05) is 54.5 Å². The van der Waals surface area contributed by atoms with E-state index in [1.165, 1.54) is 6.07 Å². The first-order valence-electron chi connectivity index (χ1n) is 12.4. The number of aryl methyl sites for hydroxylation is 1. The van der Waals surface area contributed by atoms with Crippen molar-refractivity contribution >= 4 is 16.1 Å². The van der Waals surface area contributed by atoms with E-state index in [-0.39, 0.29) is 47.6 Å². The van der Waals surface area contributed by atoms with Crippen molar-refractivity contribution in [1.82, 2.24) is 10.3 Å². The Balaban J connectivity index is 1.85. The quantitative estimate of drug-likeness (QED) is 0.169. The minimum absolute atomic E-state index is 0.112. The van der Waals surface area contributed by atoms with Crippen molar-refractivity contribution in [2.75, 3.05) is 12.9 Å². The predicted molar refractivity (Wildman–Crippen MR) is 143 cm³/mol. The van der Waals surface area contributed by atoms with Crippen LogP contribution in [0.15, 0.2) is 57.6 Å². The lowest BCUT2D eigenvalue weighted by Crippen LogP contribution is -2.06. The molecule has 2 heterocycles. The molecule has 10 nitrogen and oxygen atoms in total. The summed E-state index contributed by atoms with van der Waals surface area (Å²) in [5, 5.41) is 7.92. The van der Waals surface area contributed by atoms with Gasteiger partial charge < -0.3 is 18.5 Å². The molecule has 0 amide bonds. The van der Waals surface area contributed by atoms with Gasteiger partial charge >= 0.3 is 5.97 Å². The fourth-order valence-corrected chi connectivity index (χ4v) is 4.39. The van der Waals surface area contributed by atoms with Gasteiger partial charge in [-0.15, -0.1) is 0 Å². The minimum atomic E-state index is -3.70. The lowest BCUT2D eigenvalue weighted by molar-refractivity contribution is 0.0515. The second-order valence-corrected chi connectivity index (χ2v) is 10.9. The lowest BCUT2D eigenvalue weighted by Gasteiger charge is -2.17. The molecule has 0 aliphatic rings. The maximum atomic E-state index is 12.8. The number of nitrogens with zero attached hydrogens (tertiary/aromatic N) is 2. The molecule has 2 aromatic carbocycles. The third kappa shape index (κ3) is 6.73. The Bertz CT molecular complexity index is 1560. The second-order valence-electron chi connectivity index (χ2n) is 9.24. The first-order chi connectivity index (χ1) is 18.6. The number of aromatic nitrogens is 2. The highest BCUT2D eigenvalue weighted by Gasteiger charge is 2.30. The number of esters is 1. The highest BCUT2D eigenvalue weighted by atomic mass is 32.2. The highest BCUT2D eigenvalue weighted by Crippen LogP contribution is 2.42. The molecule has 0 unspecified atom stereocenters. The van der Waals surface area contributed by atoms with E-state index in [0.29, 0.717) is 17.9 Å². The van der Waals surface area contributed by atoms with E-state index in [2.05, 4.69) is 24.2 Å². The summed E-state index contributed by atoms with van der Waals surface area (Å²) >= 11 is 0. The van der Waals surface area contributed by atoms with Gasteiger partial charge in [0.1, 0.15) is 30.2 Å². The van der Waals surface area contributed by atoms with Gasteiger partial charge in [0.2, 0.25) is 5.69 Å². The topological polar surface area (TPSA) is 131 Å². The standard InChI is InChI=1S/C28H30N2O8S/c1-6-34-28(31)26-25(24-13-20(29-37-24)16-36-39(5,32)33)27(38-30-26)22-14-21(17(2)3)18(4)12-23(22)35-15-19-10-8-7-9-11-19/h7-14,17H,6,15-16H2,1-5H3. The molecule has 0 aliphatic carbocycles. The zero-order chi connectivity index (χ0) is 28.2. The fourth-order valence-electron chi connectivity index (χ4n) is 4.06. The average Bonchev–Trinajstić information content (AvgIpc) is 3.53. The van der Waals surface area contributed by atoms with E-state index >= 15 is 0 Å². The van der Waals surface area contributed by atoms with E-state index in [0.717, 1.165) is 22.9 Å². The van der Waals surface area contributed by atoms with Crippen LogP contribution in [0.3, 0.4) is 0 Å². The Labute approximate surface area is 227 Å². The summed E-state index contributed by atoms with van der Waals surface area (Å²) in [5.41, 5.74) is 3.91. The lowest BCUT2D eigenvalue weighted by atomic mass is 9.93. The number of benzene rings is 2. The van der Waals surface area contributed by atoms with Gasteiger partial charge in [-0.2, -0.15) is 8.42 Å².